The van der Waals surface area contributed by atoms with E-state index < -0.39 is 5.60 Å². The molecule has 1 amide bonds. The van der Waals surface area contributed by atoms with Crippen molar-refractivity contribution in [1.29, 1.82) is 0 Å². The molecule has 2 heterocycles. The van der Waals surface area contributed by atoms with Crippen molar-refractivity contribution in [2.75, 3.05) is 18.0 Å². The van der Waals surface area contributed by atoms with Crippen molar-refractivity contribution < 1.29 is 9.90 Å². The van der Waals surface area contributed by atoms with Crippen LogP contribution in [0, 0.1) is 6.92 Å². The summed E-state index contributed by atoms with van der Waals surface area (Å²) >= 11 is 0. The Morgan fingerprint density at radius 1 is 1.21 bits per heavy atom. The van der Waals surface area contributed by atoms with Gasteiger partial charge in [-0.2, -0.15) is 0 Å². The summed E-state index contributed by atoms with van der Waals surface area (Å²) in [5.41, 5.74) is 1.26. The molecule has 0 radical (unpaired) electrons. The highest BCUT2D eigenvalue weighted by atomic mass is 16.3. The molecular weight excluding hydrogens is 302 g/mol. The number of amides is 1. The van der Waals surface area contributed by atoms with Crippen LogP contribution in [0.2, 0.25) is 0 Å². The summed E-state index contributed by atoms with van der Waals surface area (Å²) in [4.78, 5) is 19.3. The molecule has 1 saturated heterocycles. The zero-order chi connectivity index (χ0) is 17.0. The minimum absolute atomic E-state index is 0.0626. The second-order valence-electron chi connectivity index (χ2n) is 7.37. The first-order chi connectivity index (χ1) is 11.6. The molecule has 1 aromatic heterocycles. The van der Waals surface area contributed by atoms with Gasteiger partial charge in [0, 0.05) is 30.9 Å². The van der Waals surface area contributed by atoms with Crippen LogP contribution in [0.15, 0.2) is 12.1 Å². The van der Waals surface area contributed by atoms with E-state index in [1.807, 2.05) is 13.0 Å². The first kappa shape index (κ1) is 17.2. The molecule has 1 aliphatic heterocycles. The monoisotopic (exact) mass is 331 g/mol. The number of nitrogens with zero attached hydrogens (tertiary/aromatic N) is 2. The number of anilines is 1. The first-order valence-corrected chi connectivity index (χ1v) is 9.26. The lowest BCUT2D eigenvalue weighted by Crippen LogP contribution is -2.38. The van der Waals surface area contributed by atoms with Crippen molar-refractivity contribution >= 4 is 11.7 Å². The summed E-state index contributed by atoms with van der Waals surface area (Å²) in [5.74, 6) is 0.941. The summed E-state index contributed by atoms with van der Waals surface area (Å²) in [5, 5.41) is 13.5. The quantitative estimate of drug-likeness (QED) is 0.871. The topological polar surface area (TPSA) is 65.5 Å². The van der Waals surface area contributed by atoms with E-state index in [1.165, 1.54) is 12.8 Å². The van der Waals surface area contributed by atoms with Crippen molar-refractivity contribution in [3.8, 4) is 0 Å². The summed E-state index contributed by atoms with van der Waals surface area (Å²) in [6.45, 7) is 4.56. The molecule has 5 heteroatoms. The van der Waals surface area contributed by atoms with Crippen LogP contribution in [0.1, 0.15) is 62.6 Å². The maximum Gasteiger partial charge on any atom is 0.223 e. The molecule has 0 aromatic carbocycles. The number of pyridine rings is 1. The van der Waals surface area contributed by atoms with Gasteiger partial charge in [-0.3, -0.25) is 4.79 Å². The van der Waals surface area contributed by atoms with Crippen molar-refractivity contribution in [2.45, 2.75) is 70.4 Å². The van der Waals surface area contributed by atoms with E-state index in [2.05, 4.69) is 21.3 Å². The SMILES string of the molecule is Cc1ccc(CNC(=O)CC2(O)CCCCC2)c(N2CCCC2)n1. The maximum atomic E-state index is 12.3. The minimum atomic E-state index is -0.800. The van der Waals surface area contributed by atoms with Gasteiger partial charge < -0.3 is 15.3 Å². The molecule has 0 spiro atoms. The second kappa shape index (κ2) is 7.51. The molecule has 24 heavy (non-hydrogen) atoms. The number of rotatable bonds is 5. The fourth-order valence-electron chi connectivity index (χ4n) is 3.85. The van der Waals surface area contributed by atoms with Crippen LogP contribution in [-0.2, 0) is 11.3 Å². The third-order valence-electron chi connectivity index (χ3n) is 5.25. The number of carbonyl (C=O) groups is 1. The second-order valence-corrected chi connectivity index (χ2v) is 7.37. The molecule has 5 nitrogen and oxygen atoms in total. The highest BCUT2D eigenvalue weighted by Crippen LogP contribution is 2.30. The molecule has 1 aliphatic carbocycles. The molecule has 0 bridgehead atoms. The molecule has 3 rings (SSSR count). The smallest absolute Gasteiger partial charge is 0.223 e. The Labute approximate surface area is 144 Å². The third kappa shape index (κ3) is 4.26. The van der Waals surface area contributed by atoms with E-state index in [-0.39, 0.29) is 12.3 Å². The van der Waals surface area contributed by atoms with Gasteiger partial charge in [0.2, 0.25) is 5.91 Å². The molecular formula is C19H29N3O2. The van der Waals surface area contributed by atoms with E-state index in [4.69, 9.17) is 0 Å². The first-order valence-electron chi connectivity index (χ1n) is 9.26. The average molecular weight is 331 g/mol. The Hall–Kier alpha value is -1.62. The Morgan fingerprint density at radius 3 is 2.62 bits per heavy atom. The van der Waals surface area contributed by atoms with Gasteiger partial charge in [-0.15, -0.1) is 0 Å². The van der Waals surface area contributed by atoms with E-state index in [1.54, 1.807) is 0 Å². The van der Waals surface area contributed by atoms with Crippen LogP contribution >= 0.6 is 0 Å². The highest BCUT2D eigenvalue weighted by Gasteiger charge is 2.31. The van der Waals surface area contributed by atoms with Crippen molar-refractivity contribution in [1.82, 2.24) is 10.3 Å². The Balaban J connectivity index is 1.60. The maximum absolute atomic E-state index is 12.3. The van der Waals surface area contributed by atoms with E-state index >= 15 is 0 Å². The zero-order valence-electron chi connectivity index (χ0n) is 14.7. The summed E-state index contributed by atoms with van der Waals surface area (Å²) in [6.07, 6.45) is 7.30. The number of aromatic nitrogens is 1. The van der Waals surface area contributed by atoms with E-state index in [0.717, 1.165) is 62.3 Å². The van der Waals surface area contributed by atoms with Crippen LogP contribution in [0.3, 0.4) is 0 Å². The molecule has 2 fully saturated rings. The Morgan fingerprint density at radius 2 is 1.92 bits per heavy atom. The lowest BCUT2D eigenvalue weighted by Gasteiger charge is -2.31. The predicted octanol–water partition coefficient (Wildman–Crippen LogP) is 2.69. The minimum Gasteiger partial charge on any atom is -0.389 e. The van der Waals surface area contributed by atoms with E-state index in [9.17, 15) is 9.90 Å². The number of aliphatic hydroxyl groups is 1. The fourth-order valence-corrected chi connectivity index (χ4v) is 3.85. The summed E-state index contributed by atoms with van der Waals surface area (Å²) < 4.78 is 0. The van der Waals surface area contributed by atoms with Gasteiger partial charge in [0.05, 0.1) is 12.0 Å². The Bertz CT molecular complexity index is 576. The molecule has 0 unspecified atom stereocenters. The average Bonchev–Trinajstić information content (AvgIpc) is 3.08. The fraction of sp³-hybridized carbons (Fsp3) is 0.684. The highest BCUT2D eigenvalue weighted by molar-refractivity contribution is 5.77. The lowest BCUT2D eigenvalue weighted by atomic mass is 9.82. The van der Waals surface area contributed by atoms with Crippen molar-refractivity contribution in [3.05, 3.63) is 23.4 Å². The van der Waals surface area contributed by atoms with E-state index in [0.29, 0.717) is 6.54 Å². The van der Waals surface area contributed by atoms with Crippen molar-refractivity contribution in [3.63, 3.8) is 0 Å². The third-order valence-corrected chi connectivity index (χ3v) is 5.25. The van der Waals surface area contributed by atoms with Gasteiger partial charge in [0.25, 0.3) is 0 Å². The van der Waals surface area contributed by atoms with Gasteiger partial charge in [-0.1, -0.05) is 25.3 Å². The van der Waals surface area contributed by atoms with Gasteiger partial charge >= 0.3 is 0 Å². The van der Waals surface area contributed by atoms with Gasteiger partial charge in [0.1, 0.15) is 5.82 Å². The molecule has 1 saturated carbocycles. The van der Waals surface area contributed by atoms with Crippen LogP contribution < -0.4 is 10.2 Å². The lowest BCUT2D eigenvalue weighted by molar-refractivity contribution is -0.127. The molecule has 2 aliphatic rings. The number of aryl methyl sites for hydroxylation is 1. The normalized spacial score (nSPS) is 20.2. The Kier molecular flexibility index (Phi) is 5.39. The summed E-state index contributed by atoms with van der Waals surface area (Å²) in [6, 6.07) is 4.06. The zero-order valence-corrected chi connectivity index (χ0v) is 14.7. The van der Waals surface area contributed by atoms with Crippen LogP contribution in [0.25, 0.3) is 0 Å². The number of carbonyl (C=O) groups excluding carboxylic acids is 1. The van der Waals surface area contributed by atoms with Gasteiger partial charge in [-0.25, -0.2) is 4.98 Å². The van der Waals surface area contributed by atoms with Crippen LogP contribution in [0.5, 0.6) is 0 Å². The summed E-state index contributed by atoms with van der Waals surface area (Å²) in [7, 11) is 0. The standard InChI is InChI=1S/C19H29N3O2/c1-15-7-8-16(18(21-15)22-11-5-6-12-22)14-20-17(23)13-19(24)9-3-2-4-10-19/h7-8,24H,2-6,9-14H2,1H3,(H,20,23). The van der Waals surface area contributed by atoms with Crippen LogP contribution in [0.4, 0.5) is 5.82 Å². The molecule has 2 N–H and O–H groups in total. The molecule has 132 valence electrons. The van der Waals surface area contributed by atoms with Gasteiger partial charge in [0.15, 0.2) is 0 Å². The number of hydrogen-bond acceptors (Lipinski definition) is 4. The predicted molar refractivity (Wildman–Crippen MR) is 94.9 cm³/mol. The largest absolute Gasteiger partial charge is 0.389 e. The number of nitrogens with one attached hydrogen (secondary N) is 1. The molecule has 1 aromatic rings. The van der Waals surface area contributed by atoms with Crippen molar-refractivity contribution in [2.24, 2.45) is 0 Å². The molecule has 0 atom stereocenters. The number of hydrogen-bond donors (Lipinski definition) is 2. The van der Waals surface area contributed by atoms with Crippen LogP contribution in [-0.4, -0.2) is 34.7 Å². The van der Waals surface area contributed by atoms with Gasteiger partial charge in [-0.05, 0) is 38.7 Å².